The molecular weight excluding hydrogens is 250 g/mol. The van der Waals surface area contributed by atoms with Crippen molar-refractivity contribution in [3.8, 4) is 5.75 Å². The zero-order valence-corrected chi connectivity index (χ0v) is 13.8. The first-order chi connectivity index (χ1) is 9.33. The van der Waals surface area contributed by atoms with Crippen LogP contribution in [-0.4, -0.2) is 37.4 Å². The molecule has 20 heavy (non-hydrogen) atoms. The third-order valence-electron chi connectivity index (χ3n) is 4.34. The third kappa shape index (κ3) is 2.73. The van der Waals surface area contributed by atoms with Gasteiger partial charge in [0.1, 0.15) is 5.75 Å². The topological polar surface area (TPSA) is 29.5 Å². The average molecular weight is 277 g/mol. The van der Waals surface area contributed by atoms with Crippen LogP contribution in [0.3, 0.4) is 0 Å². The summed E-state index contributed by atoms with van der Waals surface area (Å²) in [6, 6.07) is 3.98. The summed E-state index contributed by atoms with van der Waals surface area (Å²) in [5.41, 5.74) is 2.35. The summed E-state index contributed by atoms with van der Waals surface area (Å²) in [6.07, 6.45) is 1.57. The zero-order valence-electron chi connectivity index (χ0n) is 13.8. The molecule has 0 aliphatic rings. The molecule has 0 saturated carbocycles. The molecule has 0 atom stereocenters. The van der Waals surface area contributed by atoms with Crippen molar-refractivity contribution < 1.29 is 9.53 Å². The van der Waals surface area contributed by atoms with Gasteiger partial charge in [-0.05, 0) is 58.0 Å². The summed E-state index contributed by atoms with van der Waals surface area (Å²) in [6.45, 7) is 8.13. The van der Waals surface area contributed by atoms with Crippen LogP contribution in [0.25, 0.3) is 0 Å². The van der Waals surface area contributed by atoms with Gasteiger partial charge in [-0.2, -0.15) is 0 Å². The second-order valence-electron chi connectivity index (χ2n) is 5.62. The Morgan fingerprint density at radius 1 is 1.20 bits per heavy atom. The van der Waals surface area contributed by atoms with Crippen LogP contribution >= 0.6 is 0 Å². The van der Waals surface area contributed by atoms with Crippen molar-refractivity contribution in [3.63, 3.8) is 0 Å². The first-order valence-corrected chi connectivity index (χ1v) is 7.21. The molecule has 0 aliphatic carbocycles. The van der Waals surface area contributed by atoms with Gasteiger partial charge in [0.15, 0.2) is 5.78 Å². The van der Waals surface area contributed by atoms with E-state index in [0.717, 1.165) is 29.5 Å². The summed E-state index contributed by atoms with van der Waals surface area (Å²) >= 11 is 0. The maximum absolute atomic E-state index is 13.2. The molecular formula is C17H27NO2. The van der Waals surface area contributed by atoms with Gasteiger partial charge >= 0.3 is 0 Å². The van der Waals surface area contributed by atoms with Crippen LogP contribution in [0.1, 0.15) is 48.2 Å². The average Bonchev–Trinajstić information content (AvgIpc) is 2.39. The van der Waals surface area contributed by atoms with Gasteiger partial charge in [0.05, 0.1) is 18.2 Å². The zero-order chi connectivity index (χ0) is 15.5. The Kier molecular flexibility index (Phi) is 5.35. The van der Waals surface area contributed by atoms with Gasteiger partial charge in [-0.15, -0.1) is 0 Å². The van der Waals surface area contributed by atoms with Crippen LogP contribution in [0.15, 0.2) is 12.1 Å². The lowest BCUT2D eigenvalue weighted by molar-refractivity contribution is 0.0652. The van der Waals surface area contributed by atoms with Crippen LogP contribution in [0.2, 0.25) is 0 Å². The largest absolute Gasteiger partial charge is 0.496 e. The Labute approximate surface area is 122 Å². The molecule has 0 fully saturated rings. The molecule has 0 saturated heterocycles. The van der Waals surface area contributed by atoms with Crippen LogP contribution in [-0.2, 0) is 0 Å². The fourth-order valence-electron chi connectivity index (χ4n) is 3.02. The van der Waals surface area contributed by atoms with Gasteiger partial charge in [-0.25, -0.2) is 0 Å². The van der Waals surface area contributed by atoms with E-state index in [2.05, 4.69) is 13.8 Å². The van der Waals surface area contributed by atoms with E-state index >= 15 is 0 Å². The number of hydrogen-bond acceptors (Lipinski definition) is 3. The fourth-order valence-corrected chi connectivity index (χ4v) is 3.02. The minimum Gasteiger partial charge on any atom is -0.496 e. The number of ether oxygens (including phenoxy) is 1. The van der Waals surface area contributed by atoms with E-state index in [1.165, 1.54) is 0 Å². The Morgan fingerprint density at radius 2 is 1.75 bits per heavy atom. The molecule has 0 unspecified atom stereocenters. The Morgan fingerprint density at radius 3 is 2.15 bits per heavy atom. The number of aryl methyl sites for hydroxylation is 2. The number of rotatable bonds is 6. The second-order valence-corrected chi connectivity index (χ2v) is 5.62. The minimum atomic E-state index is -0.465. The van der Waals surface area contributed by atoms with Crippen molar-refractivity contribution in [2.24, 2.45) is 0 Å². The predicted octanol–water partition coefficient (Wildman–Crippen LogP) is 3.62. The maximum atomic E-state index is 13.2. The molecule has 0 amide bonds. The second kappa shape index (κ2) is 6.40. The van der Waals surface area contributed by atoms with Crippen LogP contribution < -0.4 is 4.74 Å². The first-order valence-electron chi connectivity index (χ1n) is 7.21. The lowest BCUT2D eigenvalue weighted by Crippen LogP contribution is -2.50. The van der Waals surface area contributed by atoms with Gasteiger partial charge in [0, 0.05) is 0 Å². The van der Waals surface area contributed by atoms with Gasteiger partial charge in [-0.3, -0.25) is 9.69 Å². The highest BCUT2D eigenvalue weighted by molar-refractivity contribution is 6.06. The van der Waals surface area contributed by atoms with E-state index < -0.39 is 5.54 Å². The Bertz CT molecular complexity index is 488. The highest BCUT2D eigenvalue weighted by atomic mass is 16.5. The summed E-state index contributed by atoms with van der Waals surface area (Å²) < 4.78 is 5.45. The normalized spacial score (nSPS) is 11.8. The summed E-state index contributed by atoms with van der Waals surface area (Å²) in [5.74, 6) is 0.836. The van der Waals surface area contributed by atoms with Crippen LogP contribution in [0, 0.1) is 13.8 Å². The van der Waals surface area contributed by atoms with Gasteiger partial charge in [0.2, 0.25) is 0 Å². The lowest BCUT2D eigenvalue weighted by Gasteiger charge is -2.37. The number of likely N-dealkylation sites (N-methyl/N-ethyl adjacent to an activating group) is 1. The van der Waals surface area contributed by atoms with Gasteiger partial charge in [0.25, 0.3) is 0 Å². The molecule has 0 N–H and O–H groups in total. The van der Waals surface area contributed by atoms with Crippen molar-refractivity contribution in [1.29, 1.82) is 0 Å². The van der Waals surface area contributed by atoms with Crippen molar-refractivity contribution in [3.05, 3.63) is 28.8 Å². The van der Waals surface area contributed by atoms with Crippen LogP contribution in [0.4, 0.5) is 0 Å². The summed E-state index contributed by atoms with van der Waals surface area (Å²) in [7, 11) is 5.57. The number of carbonyl (C=O) groups is 1. The summed E-state index contributed by atoms with van der Waals surface area (Å²) in [5, 5.41) is 0. The van der Waals surface area contributed by atoms with Gasteiger partial charge < -0.3 is 4.74 Å². The first kappa shape index (κ1) is 16.7. The van der Waals surface area contributed by atoms with E-state index in [0.29, 0.717) is 5.75 Å². The molecule has 0 heterocycles. The van der Waals surface area contributed by atoms with Crippen molar-refractivity contribution in [2.45, 2.75) is 46.1 Å². The van der Waals surface area contributed by atoms with Gasteiger partial charge in [-0.1, -0.05) is 19.9 Å². The number of benzene rings is 1. The van der Waals surface area contributed by atoms with Crippen molar-refractivity contribution >= 4 is 5.78 Å². The Balaban J connectivity index is 3.47. The van der Waals surface area contributed by atoms with E-state index in [4.69, 9.17) is 4.74 Å². The monoisotopic (exact) mass is 277 g/mol. The molecule has 0 aliphatic heterocycles. The highest BCUT2D eigenvalue weighted by Crippen LogP contribution is 2.33. The summed E-state index contributed by atoms with van der Waals surface area (Å²) in [4.78, 5) is 15.2. The molecule has 0 bridgehead atoms. The molecule has 0 spiro atoms. The Hall–Kier alpha value is -1.35. The molecule has 1 aromatic carbocycles. The molecule has 1 rings (SSSR count). The number of carbonyl (C=O) groups excluding carboxylic acids is 1. The molecule has 3 nitrogen and oxygen atoms in total. The number of hydrogen-bond donors (Lipinski definition) is 0. The van der Waals surface area contributed by atoms with Crippen LogP contribution in [0.5, 0.6) is 5.75 Å². The smallest absolute Gasteiger partial charge is 0.187 e. The number of nitrogens with zero attached hydrogens (tertiary/aromatic N) is 1. The molecule has 1 aromatic rings. The molecule has 3 heteroatoms. The fraction of sp³-hybridized carbons (Fsp3) is 0.588. The molecule has 112 valence electrons. The predicted molar refractivity (Wildman–Crippen MR) is 83.8 cm³/mol. The lowest BCUT2D eigenvalue weighted by atomic mass is 9.81. The third-order valence-corrected chi connectivity index (χ3v) is 4.34. The minimum absolute atomic E-state index is 0.154. The van der Waals surface area contributed by atoms with Crippen molar-refractivity contribution in [1.82, 2.24) is 4.90 Å². The highest BCUT2D eigenvalue weighted by Gasteiger charge is 2.39. The SMILES string of the molecule is CCC(CC)(C(=O)c1c(C)cc(C)cc1OC)N(C)C. The van der Waals surface area contributed by atoms with Crippen molar-refractivity contribution in [2.75, 3.05) is 21.2 Å². The maximum Gasteiger partial charge on any atom is 0.187 e. The number of methoxy groups -OCH3 is 1. The van der Waals surface area contributed by atoms with E-state index in [1.807, 2.05) is 45.0 Å². The number of Topliss-reactive ketones (excluding diaryl/α,β-unsaturated/α-hetero) is 1. The molecule has 0 radical (unpaired) electrons. The van der Waals surface area contributed by atoms with E-state index in [1.54, 1.807) is 7.11 Å². The van der Waals surface area contributed by atoms with E-state index in [-0.39, 0.29) is 5.78 Å². The number of ketones is 1. The van der Waals surface area contributed by atoms with E-state index in [9.17, 15) is 4.79 Å². The molecule has 0 aromatic heterocycles. The standard InChI is InChI=1S/C17H27NO2/c1-8-17(9-2,18(5)6)16(19)15-13(4)10-12(3)11-14(15)20-7/h10-11H,8-9H2,1-7H3. The quantitative estimate of drug-likeness (QED) is 0.744.